The van der Waals surface area contributed by atoms with Crippen LogP contribution in [0.5, 0.6) is 5.75 Å². The van der Waals surface area contributed by atoms with Gasteiger partial charge >= 0.3 is 0 Å². The minimum absolute atomic E-state index is 0.571. The summed E-state index contributed by atoms with van der Waals surface area (Å²) in [6.45, 7) is 7.16. The number of nitrogens with one attached hydrogen (secondary N) is 2. The average Bonchev–Trinajstić information content (AvgIpc) is 3.27. The van der Waals surface area contributed by atoms with E-state index in [1.165, 1.54) is 11.4 Å². The third-order valence-electron chi connectivity index (χ3n) is 5.08. The van der Waals surface area contributed by atoms with E-state index in [-0.39, 0.29) is 0 Å². The highest BCUT2D eigenvalue weighted by Crippen LogP contribution is 2.53. The van der Waals surface area contributed by atoms with Gasteiger partial charge in [0.15, 0.2) is 0 Å². The van der Waals surface area contributed by atoms with Gasteiger partial charge in [0, 0.05) is 36.7 Å². The number of methoxy groups -OCH3 is 1. The number of rotatable bonds is 10. The van der Waals surface area contributed by atoms with Gasteiger partial charge in [-0.15, -0.1) is 0 Å². The smallest absolute Gasteiger partial charge is 0.248 e. The van der Waals surface area contributed by atoms with Crippen LogP contribution in [0, 0.1) is 0 Å². The van der Waals surface area contributed by atoms with Crippen molar-refractivity contribution in [3.8, 4) is 5.75 Å². The molecular formula is C25H29N4O2P. The molecule has 0 aromatic heterocycles. The number of para-hydroxylation sites is 2. The van der Waals surface area contributed by atoms with Crippen molar-refractivity contribution < 1.29 is 9.26 Å². The van der Waals surface area contributed by atoms with Crippen molar-refractivity contribution in [3.05, 3.63) is 97.3 Å². The van der Waals surface area contributed by atoms with E-state index in [9.17, 15) is 0 Å². The van der Waals surface area contributed by atoms with Crippen LogP contribution >= 0.6 is 8.45 Å². The summed E-state index contributed by atoms with van der Waals surface area (Å²) < 4.78 is 16.4. The fourth-order valence-corrected chi connectivity index (χ4v) is 5.49. The zero-order chi connectivity index (χ0) is 22.2. The Balaban J connectivity index is 1.33. The van der Waals surface area contributed by atoms with Crippen LogP contribution in [0.25, 0.3) is 0 Å². The predicted molar refractivity (Wildman–Crippen MR) is 134 cm³/mol. The summed E-state index contributed by atoms with van der Waals surface area (Å²) in [6.07, 6.45) is 0. The Labute approximate surface area is 191 Å². The molecule has 1 aliphatic heterocycles. The van der Waals surface area contributed by atoms with E-state index in [2.05, 4.69) is 75.1 Å². The summed E-state index contributed by atoms with van der Waals surface area (Å²) in [6, 6.07) is 28.7. The molecule has 1 heterocycles. The minimum Gasteiger partial charge on any atom is -0.497 e. The number of nitrogens with zero attached hydrogens (tertiary/aromatic N) is 2. The van der Waals surface area contributed by atoms with Crippen molar-refractivity contribution in [1.82, 2.24) is 5.32 Å². The maximum atomic E-state index is 6.44. The molecule has 7 heteroatoms. The van der Waals surface area contributed by atoms with E-state index in [1.54, 1.807) is 7.11 Å². The number of hydrogen-bond donors (Lipinski definition) is 2. The van der Waals surface area contributed by atoms with Gasteiger partial charge in [0.1, 0.15) is 5.75 Å². The SMILES string of the molecule is C=C(NCCOP1N(c2ccccc2)CCN1c1ccccc1)Nc1ccc(OC)cc1. The summed E-state index contributed by atoms with van der Waals surface area (Å²) >= 11 is 0. The van der Waals surface area contributed by atoms with E-state index >= 15 is 0 Å². The Morgan fingerprint density at radius 3 is 1.97 bits per heavy atom. The van der Waals surface area contributed by atoms with Gasteiger partial charge in [-0.3, -0.25) is 0 Å². The summed E-state index contributed by atoms with van der Waals surface area (Å²) in [4.78, 5) is 0. The van der Waals surface area contributed by atoms with Gasteiger partial charge in [-0.2, -0.15) is 0 Å². The molecule has 3 aromatic carbocycles. The molecule has 1 fully saturated rings. The highest BCUT2D eigenvalue weighted by Gasteiger charge is 2.34. The van der Waals surface area contributed by atoms with Crippen LogP contribution in [0.4, 0.5) is 17.1 Å². The molecule has 0 aliphatic carbocycles. The van der Waals surface area contributed by atoms with Crippen molar-refractivity contribution in [2.45, 2.75) is 0 Å². The second kappa shape index (κ2) is 10.9. The first-order valence-corrected chi connectivity index (χ1v) is 11.8. The molecule has 32 heavy (non-hydrogen) atoms. The van der Waals surface area contributed by atoms with Crippen molar-refractivity contribution in [2.75, 3.05) is 48.0 Å². The van der Waals surface area contributed by atoms with Gasteiger partial charge in [-0.05, 0) is 48.5 Å². The van der Waals surface area contributed by atoms with Crippen LogP contribution in [0.15, 0.2) is 97.3 Å². The Morgan fingerprint density at radius 2 is 1.44 bits per heavy atom. The van der Waals surface area contributed by atoms with Gasteiger partial charge in [-0.25, -0.2) is 0 Å². The average molecular weight is 449 g/mol. The Morgan fingerprint density at radius 1 is 0.875 bits per heavy atom. The number of hydrogen-bond acceptors (Lipinski definition) is 6. The van der Waals surface area contributed by atoms with Gasteiger partial charge in [-0.1, -0.05) is 43.0 Å². The molecule has 0 bridgehead atoms. The molecule has 0 saturated carbocycles. The lowest BCUT2D eigenvalue weighted by atomic mass is 10.3. The van der Waals surface area contributed by atoms with E-state index in [4.69, 9.17) is 9.26 Å². The molecule has 1 aliphatic rings. The quantitative estimate of drug-likeness (QED) is 0.318. The van der Waals surface area contributed by atoms with Crippen LogP contribution in [0.3, 0.4) is 0 Å². The van der Waals surface area contributed by atoms with Gasteiger partial charge < -0.3 is 29.2 Å². The standard InChI is InChI=1S/C25H29N4O2P/c1-21(27-22-13-15-25(30-2)16-14-22)26-17-20-31-32-28(23-9-5-3-6-10-23)18-19-29(32)24-11-7-4-8-12-24/h3-16,26-27H,1,17-20H2,2H3. The van der Waals surface area contributed by atoms with Crippen molar-refractivity contribution in [3.63, 3.8) is 0 Å². The van der Waals surface area contributed by atoms with E-state index in [0.29, 0.717) is 13.2 Å². The summed E-state index contributed by atoms with van der Waals surface area (Å²) in [7, 11) is 0.713. The summed E-state index contributed by atoms with van der Waals surface area (Å²) in [5.74, 6) is 1.56. The predicted octanol–water partition coefficient (Wildman–Crippen LogP) is 5.44. The molecule has 0 radical (unpaired) electrons. The first-order chi connectivity index (χ1) is 15.7. The van der Waals surface area contributed by atoms with Gasteiger partial charge in [0.25, 0.3) is 0 Å². The zero-order valence-electron chi connectivity index (χ0n) is 18.3. The molecule has 4 rings (SSSR count). The molecule has 0 amide bonds. The lowest BCUT2D eigenvalue weighted by Gasteiger charge is -2.30. The Hall–Kier alpha value is -3.21. The third-order valence-corrected chi connectivity index (χ3v) is 7.18. The fourth-order valence-electron chi connectivity index (χ4n) is 3.51. The first-order valence-electron chi connectivity index (χ1n) is 10.7. The summed E-state index contributed by atoms with van der Waals surface area (Å²) in [5, 5.41) is 6.56. The van der Waals surface area contributed by atoms with Crippen molar-refractivity contribution >= 4 is 25.5 Å². The van der Waals surface area contributed by atoms with Crippen LogP contribution < -0.4 is 24.7 Å². The Kier molecular flexibility index (Phi) is 7.49. The molecular weight excluding hydrogens is 419 g/mol. The molecule has 2 N–H and O–H groups in total. The molecule has 0 unspecified atom stereocenters. The zero-order valence-corrected chi connectivity index (χ0v) is 19.2. The normalized spacial score (nSPS) is 13.8. The second-order valence-electron chi connectivity index (χ2n) is 7.26. The third kappa shape index (κ3) is 5.52. The number of benzene rings is 3. The van der Waals surface area contributed by atoms with E-state index in [1.807, 2.05) is 36.4 Å². The topological polar surface area (TPSA) is 49.0 Å². The maximum Gasteiger partial charge on any atom is 0.248 e. The van der Waals surface area contributed by atoms with Crippen LogP contribution in [0.2, 0.25) is 0 Å². The number of ether oxygens (including phenoxy) is 1. The van der Waals surface area contributed by atoms with Crippen LogP contribution in [-0.2, 0) is 4.52 Å². The molecule has 6 nitrogen and oxygen atoms in total. The minimum atomic E-state index is -0.946. The lowest BCUT2D eigenvalue weighted by molar-refractivity contribution is 0.352. The largest absolute Gasteiger partial charge is 0.497 e. The lowest BCUT2D eigenvalue weighted by Crippen LogP contribution is -2.24. The highest BCUT2D eigenvalue weighted by molar-refractivity contribution is 7.56. The molecule has 1 saturated heterocycles. The highest BCUT2D eigenvalue weighted by atomic mass is 31.2. The molecule has 166 valence electrons. The monoisotopic (exact) mass is 448 g/mol. The molecule has 0 spiro atoms. The van der Waals surface area contributed by atoms with Crippen molar-refractivity contribution in [1.29, 1.82) is 0 Å². The van der Waals surface area contributed by atoms with E-state index < -0.39 is 8.45 Å². The fraction of sp³-hybridized carbons (Fsp3) is 0.200. The first kappa shape index (κ1) is 22.0. The molecule has 0 atom stereocenters. The number of anilines is 3. The van der Waals surface area contributed by atoms with Gasteiger partial charge in [0.2, 0.25) is 8.45 Å². The van der Waals surface area contributed by atoms with Gasteiger partial charge in [0.05, 0.1) is 19.5 Å². The van der Waals surface area contributed by atoms with E-state index in [0.717, 1.165) is 30.3 Å². The van der Waals surface area contributed by atoms with Crippen LogP contribution in [0.1, 0.15) is 0 Å². The maximum absolute atomic E-state index is 6.44. The Bertz CT molecular complexity index is 938. The van der Waals surface area contributed by atoms with Crippen LogP contribution in [-0.4, -0.2) is 33.4 Å². The van der Waals surface area contributed by atoms with Crippen molar-refractivity contribution in [2.24, 2.45) is 0 Å². The molecule has 3 aromatic rings. The second-order valence-corrected chi connectivity index (χ2v) is 8.99. The summed E-state index contributed by atoms with van der Waals surface area (Å²) in [5.41, 5.74) is 3.33.